The summed E-state index contributed by atoms with van der Waals surface area (Å²) in [5.74, 6) is 0. The van der Waals surface area contributed by atoms with Gasteiger partial charge in [-0.1, -0.05) is 33.8 Å². The van der Waals surface area contributed by atoms with Gasteiger partial charge in [-0.2, -0.15) is 0 Å². The third-order valence-electron chi connectivity index (χ3n) is 2.80. The van der Waals surface area contributed by atoms with Crippen LogP contribution in [0.15, 0.2) is 16.9 Å². The summed E-state index contributed by atoms with van der Waals surface area (Å²) in [5.41, 5.74) is 1.26. The van der Waals surface area contributed by atoms with Gasteiger partial charge in [-0.3, -0.25) is 9.59 Å². The number of carbonyl (C=O) groups is 1. The highest BCUT2D eigenvalue weighted by Crippen LogP contribution is 2.21. The van der Waals surface area contributed by atoms with Crippen molar-refractivity contribution in [3.63, 3.8) is 0 Å². The molecule has 3 nitrogen and oxygen atoms in total. The smallest absolute Gasteiger partial charge is 0.254 e. The van der Waals surface area contributed by atoms with Crippen LogP contribution in [-0.2, 0) is 23.2 Å². The first-order valence-corrected chi connectivity index (χ1v) is 6.56. The molecule has 0 aliphatic heterocycles. The van der Waals surface area contributed by atoms with E-state index in [1.807, 2.05) is 13.0 Å². The third kappa shape index (κ3) is 3.45. The van der Waals surface area contributed by atoms with E-state index in [2.05, 4.69) is 20.8 Å². The van der Waals surface area contributed by atoms with E-state index in [1.54, 1.807) is 10.6 Å². The number of halogens is 1. The summed E-state index contributed by atoms with van der Waals surface area (Å²) >= 11 is 5.36. The second kappa shape index (κ2) is 5.70. The molecule has 0 bridgehead atoms. The van der Waals surface area contributed by atoms with Gasteiger partial charge in [-0.05, 0) is 24.1 Å². The largest absolute Gasteiger partial charge is 0.312 e. The van der Waals surface area contributed by atoms with E-state index in [-0.39, 0.29) is 17.4 Å². The van der Waals surface area contributed by atoms with Crippen LogP contribution in [0.4, 0.5) is 0 Å². The summed E-state index contributed by atoms with van der Waals surface area (Å²) in [6, 6.07) is 3.64. The van der Waals surface area contributed by atoms with Gasteiger partial charge in [0.1, 0.15) is 0 Å². The summed E-state index contributed by atoms with van der Waals surface area (Å²) in [4.78, 5) is 23.2. The zero-order valence-corrected chi connectivity index (χ0v) is 12.2. The van der Waals surface area contributed by atoms with E-state index in [1.165, 1.54) is 0 Å². The lowest BCUT2D eigenvalue weighted by Gasteiger charge is -2.24. The predicted molar refractivity (Wildman–Crippen MR) is 74.3 cm³/mol. The zero-order valence-electron chi connectivity index (χ0n) is 11.4. The lowest BCUT2D eigenvalue weighted by atomic mass is 9.90. The van der Waals surface area contributed by atoms with Gasteiger partial charge in [0, 0.05) is 23.2 Å². The van der Waals surface area contributed by atoms with Crippen molar-refractivity contribution in [3.8, 4) is 0 Å². The Bertz CT molecular complexity index is 497. The maximum absolute atomic E-state index is 12.3. The molecule has 0 saturated heterocycles. The first-order chi connectivity index (χ1) is 8.27. The van der Waals surface area contributed by atoms with Gasteiger partial charge in [0.15, 0.2) is 0 Å². The van der Waals surface area contributed by atoms with Gasteiger partial charge >= 0.3 is 0 Å². The fourth-order valence-electron chi connectivity index (χ4n) is 2.01. The third-order valence-corrected chi connectivity index (χ3v) is 2.93. The Kier molecular flexibility index (Phi) is 4.74. The van der Waals surface area contributed by atoms with Crippen molar-refractivity contribution < 1.29 is 4.79 Å². The number of pyridine rings is 1. The molecule has 1 aromatic heterocycles. The number of hydrogen-bond donors (Lipinski definition) is 0. The number of hydrogen-bond acceptors (Lipinski definition) is 2. The molecule has 0 radical (unpaired) electrons. The maximum Gasteiger partial charge on any atom is 0.254 e. The molecule has 1 heterocycles. The second-order valence-corrected chi connectivity index (χ2v) is 5.90. The molecular weight excluding hydrogens is 250 g/mol. The Balaban J connectivity index is 3.37. The molecule has 0 saturated carbocycles. The fourth-order valence-corrected chi connectivity index (χ4v) is 2.15. The van der Waals surface area contributed by atoms with Crippen molar-refractivity contribution in [1.82, 2.24) is 4.57 Å². The molecule has 0 fully saturated rings. The molecule has 0 spiro atoms. The highest BCUT2D eigenvalue weighted by molar-refractivity contribution is 6.63. The first-order valence-electron chi connectivity index (χ1n) is 6.19. The van der Waals surface area contributed by atoms with E-state index >= 15 is 0 Å². The van der Waals surface area contributed by atoms with Crippen LogP contribution >= 0.6 is 11.6 Å². The summed E-state index contributed by atoms with van der Waals surface area (Å²) in [6.07, 6.45) is 0.871. The Morgan fingerprint density at radius 1 is 1.33 bits per heavy atom. The molecule has 1 rings (SSSR count). The number of rotatable bonds is 4. The molecule has 0 aromatic carbocycles. The summed E-state index contributed by atoms with van der Waals surface area (Å²) in [6.45, 7) is 8.90. The van der Waals surface area contributed by atoms with Crippen LogP contribution in [0.5, 0.6) is 0 Å². The Morgan fingerprint density at radius 2 is 1.94 bits per heavy atom. The van der Waals surface area contributed by atoms with Crippen LogP contribution in [0.25, 0.3) is 0 Å². The van der Waals surface area contributed by atoms with Gasteiger partial charge in [-0.15, -0.1) is 0 Å². The minimum absolute atomic E-state index is 0.00543. The lowest BCUT2D eigenvalue weighted by molar-refractivity contribution is -0.111. The van der Waals surface area contributed by atoms with Gasteiger partial charge in [0.25, 0.3) is 5.56 Å². The lowest BCUT2D eigenvalue weighted by Crippen LogP contribution is -2.32. The van der Waals surface area contributed by atoms with Crippen LogP contribution in [0.1, 0.15) is 45.4 Å². The SMILES string of the molecule is CCCn1c(C(C)(C)C)ccc(CC(=O)Cl)c1=O. The predicted octanol–water partition coefficient (Wildman–Crippen LogP) is 2.86. The van der Waals surface area contributed by atoms with Gasteiger partial charge in [0.05, 0.1) is 6.42 Å². The van der Waals surface area contributed by atoms with Crippen molar-refractivity contribution in [2.75, 3.05) is 0 Å². The van der Waals surface area contributed by atoms with Crippen molar-refractivity contribution in [2.24, 2.45) is 0 Å². The average Bonchev–Trinajstić information content (AvgIpc) is 2.22. The molecule has 0 amide bonds. The summed E-state index contributed by atoms with van der Waals surface area (Å²) < 4.78 is 1.76. The Morgan fingerprint density at radius 3 is 2.39 bits per heavy atom. The highest BCUT2D eigenvalue weighted by Gasteiger charge is 2.20. The quantitative estimate of drug-likeness (QED) is 0.789. The van der Waals surface area contributed by atoms with Crippen LogP contribution in [0, 0.1) is 0 Å². The monoisotopic (exact) mass is 269 g/mol. The minimum Gasteiger partial charge on any atom is -0.312 e. The van der Waals surface area contributed by atoms with Crippen LogP contribution < -0.4 is 5.56 Å². The molecule has 0 aliphatic rings. The van der Waals surface area contributed by atoms with E-state index in [0.29, 0.717) is 12.1 Å². The molecule has 4 heteroatoms. The van der Waals surface area contributed by atoms with Crippen molar-refractivity contribution in [2.45, 2.75) is 52.5 Å². The molecular formula is C14H20ClNO2. The molecule has 1 aromatic rings. The fraction of sp³-hybridized carbons (Fsp3) is 0.571. The normalized spacial score (nSPS) is 11.6. The van der Waals surface area contributed by atoms with Gasteiger partial charge in [0.2, 0.25) is 5.24 Å². The molecule has 0 N–H and O–H groups in total. The molecule has 18 heavy (non-hydrogen) atoms. The Labute approximate surface area is 113 Å². The van der Waals surface area contributed by atoms with Crippen molar-refractivity contribution in [3.05, 3.63) is 33.7 Å². The van der Waals surface area contributed by atoms with Crippen molar-refractivity contribution >= 4 is 16.8 Å². The van der Waals surface area contributed by atoms with Gasteiger partial charge < -0.3 is 4.57 Å². The molecule has 0 atom stereocenters. The number of carbonyl (C=O) groups excluding carboxylic acids is 1. The molecule has 100 valence electrons. The van der Waals surface area contributed by atoms with Crippen LogP contribution in [0.3, 0.4) is 0 Å². The van der Waals surface area contributed by atoms with Crippen molar-refractivity contribution in [1.29, 1.82) is 0 Å². The topological polar surface area (TPSA) is 39.1 Å². The summed E-state index contributed by atoms with van der Waals surface area (Å²) in [7, 11) is 0. The zero-order chi connectivity index (χ0) is 13.9. The van der Waals surface area contributed by atoms with Gasteiger partial charge in [-0.25, -0.2) is 0 Å². The number of aromatic nitrogens is 1. The van der Waals surface area contributed by atoms with E-state index in [9.17, 15) is 9.59 Å². The molecule has 0 unspecified atom stereocenters. The second-order valence-electron chi connectivity index (χ2n) is 5.48. The maximum atomic E-state index is 12.3. The average molecular weight is 270 g/mol. The van der Waals surface area contributed by atoms with E-state index in [0.717, 1.165) is 12.1 Å². The van der Waals surface area contributed by atoms with Crippen LogP contribution in [0.2, 0.25) is 0 Å². The first kappa shape index (κ1) is 15.0. The van der Waals surface area contributed by atoms with Crippen LogP contribution in [-0.4, -0.2) is 9.81 Å². The minimum atomic E-state index is -0.501. The summed E-state index contributed by atoms with van der Waals surface area (Å²) in [5, 5.41) is -0.501. The van der Waals surface area contributed by atoms with E-state index in [4.69, 9.17) is 11.6 Å². The van der Waals surface area contributed by atoms with E-state index < -0.39 is 5.24 Å². The number of nitrogens with zero attached hydrogens (tertiary/aromatic N) is 1. The standard InChI is InChI=1S/C14H20ClNO2/c1-5-8-16-11(14(2,3)4)7-6-10(13(16)18)9-12(15)17/h6-7H,5,8-9H2,1-4H3. The Hall–Kier alpha value is -1.09. The highest BCUT2D eigenvalue weighted by atomic mass is 35.5. The molecule has 0 aliphatic carbocycles.